The van der Waals surface area contributed by atoms with Crippen molar-refractivity contribution in [3.8, 4) is 0 Å². The summed E-state index contributed by atoms with van der Waals surface area (Å²) >= 11 is 0. The van der Waals surface area contributed by atoms with Gasteiger partial charge in [-0.25, -0.2) is 4.68 Å². The molecule has 0 aliphatic rings. The third-order valence-electron chi connectivity index (χ3n) is 3.32. The Kier molecular flexibility index (Phi) is 7.89. The Hall–Kier alpha value is -2.29. The van der Waals surface area contributed by atoms with Crippen molar-refractivity contribution >= 4 is 11.3 Å². The average Bonchev–Trinajstić information content (AvgIpc) is 2.88. The summed E-state index contributed by atoms with van der Waals surface area (Å²) in [6.07, 6.45) is 17.9. The number of nitrogens with zero attached hydrogens (tertiary/aromatic N) is 2. The maximum atomic E-state index is 4.96. The fraction of sp³-hybridized carbons (Fsp3) is 0.350. The lowest BCUT2D eigenvalue weighted by atomic mass is 10.1. The van der Waals surface area contributed by atoms with E-state index in [9.17, 15) is 0 Å². The van der Waals surface area contributed by atoms with E-state index in [1.54, 1.807) is 13.4 Å². The summed E-state index contributed by atoms with van der Waals surface area (Å²) in [4.78, 5) is 0. The normalized spacial score (nSPS) is 14.0. The van der Waals surface area contributed by atoms with Crippen LogP contribution in [-0.2, 0) is 4.74 Å². The molecule has 0 spiro atoms. The molecule has 0 radical (unpaired) electrons. The average molecular weight is 312 g/mol. The summed E-state index contributed by atoms with van der Waals surface area (Å²) < 4.78 is 6.94. The highest BCUT2D eigenvalue weighted by Crippen LogP contribution is 2.23. The first kappa shape index (κ1) is 18.8. The maximum absolute atomic E-state index is 4.96. The van der Waals surface area contributed by atoms with Gasteiger partial charge < -0.3 is 4.74 Å². The van der Waals surface area contributed by atoms with Crippen LogP contribution in [0.15, 0.2) is 55.0 Å². The Morgan fingerprint density at radius 2 is 1.91 bits per heavy atom. The van der Waals surface area contributed by atoms with E-state index in [4.69, 9.17) is 9.84 Å². The second-order valence-electron chi connectivity index (χ2n) is 5.56. The van der Waals surface area contributed by atoms with Crippen LogP contribution in [0.2, 0.25) is 0 Å². The highest BCUT2D eigenvalue weighted by Gasteiger charge is 2.12. The van der Waals surface area contributed by atoms with Crippen molar-refractivity contribution in [3.63, 3.8) is 0 Å². The van der Waals surface area contributed by atoms with Gasteiger partial charge in [0.15, 0.2) is 0 Å². The predicted molar refractivity (Wildman–Crippen MR) is 99.8 cm³/mol. The smallest absolute Gasteiger partial charge is 0.0956 e. The van der Waals surface area contributed by atoms with E-state index in [2.05, 4.69) is 45.2 Å². The highest BCUT2D eigenvalue weighted by molar-refractivity contribution is 5.75. The first-order valence-electron chi connectivity index (χ1n) is 7.97. The molecule has 0 N–H and O–H groups in total. The summed E-state index contributed by atoms with van der Waals surface area (Å²) in [5.74, 6) is 0.390. The van der Waals surface area contributed by atoms with Gasteiger partial charge in [-0.3, -0.25) is 0 Å². The second kappa shape index (κ2) is 9.67. The topological polar surface area (TPSA) is 27.1 Å². The van der Waals surface area contributed by atoms with Gasteiger partial charge in [0.25, 0.3) is 0 Å². The Morgan fingerprint density at radius 3 is 2.48 bits per heavy atom. The molecule has 1 aromatic rings. The van der Waals surface area contributed by atoms with Gasteiger partial charge in [0, 0.05) is 17.5 Å². The zero-order valence-corrected chi connectivity index (χ0v) is 15.1. The molecule has 3 nitrogen and oxygen atoms in total. The molecule has 3 heteroatoms. The minimum atomic E-state index is 0.390. The lowest BCUT2D eigenvalue weighted by Gasteiger charge is -2.10. The Labute approximate surface area is 140 Å². The monoisotopic (exact) mass is 312 g/mol. The van der Waals surface area contributed by atoms with E-state index in [1.165, 1.54) is 5.70 Å². The largest absolute Gasteiger partial charge is 0.504 e. The summed E-state index contributed by atoms with van der Waals surface area (Å²) in [5.41, 5.74) is 4.36. The van der Waals surface area contributed by atoms with Crippen LogP contribution in [0, 0.1) is 12.8 Å². The van der Waals surface area contributed by atoms with E-state index >= 15 is 0 Å². The molecule has 0 fully saturated rings. The van der Waals surface area contributed by atoms with Gasteiger partial charge in [0.05, 0.1) is 19.1 Å². The van der Waals surface area contributed by atoms with Gasteiger partial charge in [-0.1, -0.05) is 38.2 Å². The van der Waals surface area contributed by atoms with Crippen LogP contribution in [0.25, 0.3) is 11.3 Å². The summed E-state index contributed by atoms with van der Waals surface area (Å²) in [5, 5.41) is 4.80. The van der Waals surface area contributed by atoms with Gasteiger partial charge in [0.2, 0.25) is 0 Å². The number of methoxy groups -OCH3 is 1. The van der Waals surface area contributed by atoms with E-state index < -0.39 is 0 Å². The quantitative estimate of drug-likeness (QED) is 0.499. The molecule has 0 aliphatic carbocycles. The predicted octanol–water partition coefficient (Wildman–Crippen LogP) is 5.38. The first-order chi connectivity index (χ1) is 11.0. The molecule has 124 valence electrons. The third-order valence-corrected chi connectivity index (χ3v) is 3.32. The van der Waals surface area contributed by atoms with Gasteiger partial charge in [0.1, 0.15) is 0 Å². The molecule has 0 saturated heterocycles. The van der Waals surface area contributed by atoms with Crippen molar-refractivity contribution in [3.05, 3.63) is 66.2 Å². The Balaban J connectivity index is 3.32. The number of aromatic nitrogens is 2. The third kappa shape index (κ3) is 5.44. The van der Waals surface area contributed by atoms with Gasteiger partial charge in [-0.05, 0) is 50.5 Å². The second-order valence-corrected chi connectivity index (χ2v) is 5.56. The standard InChI is InChI=1S/C20H28N2O/c1-7-9-13-19(16(3)4)22-15-17(5)20(21-22)18(11-8-2)12-10-14-23-6/h7-16H,1-6H3/b9-7-,11-8-,14-10+,18-12+,19-13+. The van der Waals surface area contributed by atoms with Crippen LogP contribution in [0.4, 0.5) is 0 Å². The highest BCUT2D eigenvalue weighted by atomic mass is 16.5. The lowest BCUT2D eigenvalue weighted by Crippen LogP contribution is -2.04. The van der Waals surface area contributed by atoms with Crippen LogP contribution in [0.3, 0.4) is 0 Å². The molecule has 0 amide bonds. The number of allylic oxidation sites excluding steroid dienone is 9. The van der Waals surface area contributed by atoms with E-state index in [0.717, 1.165) is 16.8 Å². The Morgan fingerprint density at radius 1 is 1.17 bits per heavy atom. The molecule has 23 heavy (non-hydrogen) atoms. The van der Waals surface area contributed by atoms with Gasteiger partial charge in [-0.15, -0.1) is 0 Å². The van der Waals surface area contributed by atoms with Crippen molar-refractivity contribution < 1.29 is 4.74 Å². The van der Waals surface area contributed by atoms with Crippen molar-refractivity contribution in [1.29, 1.82) is 0 Å². The van der Waals surface area contributed by atoms with Crippen LogP contribution >= 0.6 is 0 Å². The molecule has 1 rings (SSSR count). The minimum Gasteiger partial charge on any atom is -0.504 e. The molecular formula is C20H28N2O. The lowest BCUT2D eigenvalue weighted by molar-refractivity contribution is 0.338. The van der Waals surface area contributed by atoms with Crippen LogP contribution in [0.1, 0.15) is 39.0 Å². The first-order valence-corrected chi connectivity index (χ1v) is 7.97. The van der Waals surface area contributed by atoms with Gasteiger partial charge >= 0.3 is 0 Å². The molecular weight excluding hydrogens is 284 g/mol. The summed E-state index contributed by atoms with van der Waals surface area (Å²) in [6, 6.07) is 0. The van der Waals surface area contributed by atoms with E-state index in [1.807, 2.05) is 42.8 Å². The molecule has 0 aromatic carbocycles. The van der Waals surface area contributed by atoms with Crippen LogP contribution in [-0.4, -0.2) is 16.9 Å². The number of rotatable bonds is 7. The maximum Gasteiger partial charge on any atom is 0.0956 e. The van der Waals surface area contributed by atoms with Gasteiger partial charge in [-0.2, -0.15) is 5.10 Å². The molecule has 0 saturated carbocycles. The molecule has 0 atom stereocenters. The molecule has 0 aliphatic heterocycles. The fourth-order valence-corrected chi connectivity index (χ4v) is 2.22. The summed E-state index contributed by atoms with van der Waals surface area (Å²) in [7, 11) is 1.64. The fourth-order valence-electron chi connectivity index (χ4n) is 2.22. The van der Waals surface area contributed by atoms with Crippen molar-refractivity contribution in [2.24, 2.45) is 5.92 Å². The van der Waals surface area contributed by atoms with Crippen LogP contribution < -0.4 is 0 Å². The molecule has 0 unspecified atom stereocenters. The minimum absolute atomic E-state index is 0.390. The number of hydrogen-bond donors (Lipinski definition) is 0. The number of aryl methyl sites for hydroxylation is 1. The van der Waals surface area contributed by atoms with Crippen LogP contribution in [0.5, 0.6) is 0 Å². The summed E-state index contributed by atoms with van der Waals surface area (Å²) in [6.45, 7) is 10.5. The SMILES string of the molecule is C/C=C\C=C(/C(C)C)n1cc(C)c(C(/C=C\C)=C/C=C/OC)n1. The Bertz CT molecular complexity index is 641. The van der Waals surface area contributed by atoms with E-state index in [0.29, 0.717) is 5.92 Å². The zero-order chi connectivity index (χ0) is 17.2. The number of ether oxygens (including phenoxy) is 1. The number of hydrogen-bond acceptors (Lipinski definition) is 2. The molecule has 0 bridgehead atoms. The van der Waals surface area contributed by atoms with Crippen molar-refractivity contribution in [1.82, 2.24) is 9.78 Å². The zero-order valence-electron chi connectivity index (χ0n) is 15.1. The van der Waals surface area contributed by atoms with E-state index in [-0.39, 0.29) is 0 Å². The molecule has 1 aromatic heterocycles. The molecule has 1 heterocycles. The van der Waals surface area contributed by atoms with Crippen molar-refractivity contribution in [2.75, 3.05) is 7.11 Å². The van der Waals surface area contributed by atoms with Crippen molar-refractivity contribution in [2.45, 2.75) is 34.6 Å².